The van der Waals surface area contributed by atoms with Crippen LogP contribution in [0.3, 0.4) is 0 Å². The number of nitrogens with two attached hydrogens (primary N) is 1. The monoisotopic (exact) mass is 261 g/mol. The maximum absolute atomic E-state index is 11.8. The molecule has 2 N–H and O–H groups in total. The predicted octanol–water partition coefficient (Wildman–Crippen LogP) is 2.70. The van der Waals surface area contributed by atoms with Gasteiger partial charge in [0.25, 0.3) is 0 Å². The van der Waals surface area contributed by atoms with Crippen LogP contribution in [-0.2, 0) is 16.0 Å². The molecule has 0 atom stereocenters. The molecule has 3 nitrogen and oxygen atoms in total. The van der Waals surface area contributed by atoms with Gasteiger partial charge in [-0.15, -0.1) is 0 Å². The van der Waals surface area contributed by atoms with Crippen LogP contribution in [0.4, 0.5) is 18.9 Å². The van der Waals surface area contributed by atoms with Crippen LogP contribution >= 0.6 is 0 Å². The number of rotatable bonds is 5. The van der Waals surface area contributed by atoms with Crippen molar-refractivity contribution in [3.8, 4) is 0 Å². The minimum atomic E-state index is -4.21. The number of hydrogen-bond acceptors (Lipinski definition) is 3. The van der Waals surface area contributed by atoms with E-state index >= 15 is 0 Å². The largest absolute Gasteiger partial charge is 0.465 e. The maximum atomic E-state index is 11.8. The molecule has 0 aliphatic rings. The Kier molecular flexibility index (Phi) is 5.00. The Morgan fingerprint density at radius 3 is 2.67 bits per heavy atom. The Balaban J connectivity index is 2.26. The molecular formula is C12H14F3NO2. The molecule has 6 heteroatoms. The van der Waals surface area contributed by atoms with E-state index in [1.54, 1.807) is 24.3 Å². The Hall–Kier alpha value is -1.72. The zero-order valence-corrected chi connectivity index (χ0v) is 9.67. The van der Waals surface area contributed by atoms with Gasteiger partial charge in [0, 0.05) is 12.1 Å². The van der Waals surface area contributed by atoms with Crippen molar-refractivity contribution in [2.24, 2.45) is 0 Å². The average Bonchev–Trinajstić information content (AvgIpc) is 2.23. The molecule has 0 radical (unpaired) electrons. The van der Waals surface area contributed by atoms with Crippen LogP contribution in [0.5, 0.6) is 0 Å². The van der Waals surface area contributed by atoms with Crippen molar-refractivity contribution in [2.45, 2.75) is 25.4 Å². The highest BCUT2D eigenvalue weighted by Gasteiger charge is 2.26. The summed E-state index contributed by atoms with van der Waals surface area (Å²) in [5, 5.41) is 0. The highest BCUT2D eigenvalue weighted by Crippen LogP contribution is 2.21. The normalized spacial score (nSPS) is 11.3. The molecule has 0 saturated carbocycles. The van der Waals surface area contributed by atoms with Crippen LogP contribution in [0.2, 0.25) is 0 Å². The predicted molar refractivity (Wildman–Crippen MR) is 60.8 cm³/mol. The lowest BCUT2D eigenvalue weighted by Crippen LogP contribution is -2.12. The Morgan fingerprint density at radius 1 is 1.33 bits per heavy atom. The van der Waals surface area contributed by atoms with Crippen LogP contribution in [0, 0.1) is 0 Å². The summed E-state index contributed by atoms with van der Waals surface area (Å²) in [6.45, 7) is -0.222. The first-order valence-electron chi connectivity index (χ1n) is 5.43. The molecular weight excluding hydrogens is 247 g/mol. The topological polar surface area (TPSA) is 52.3 Å². The highest BCUT2D eigenvalue weighted by molar-refractivity contribution is 5.72. The molecule has 100 valence electrons. The molecule has 18 heavy (non-hydrogen) atoms. The van der Waals surface area contributed by atoms with Crippen LogP contribution in [0.1, 0.15) is 18.4 Å². The fourth-order valence-electron chi connectivity index (χ4n) is 1.38. The quantitative estimate of drug-likeness (QED) is 0.503. The van der Waals surface area contributed by atoms with Crippen LogP contribution < -0.4 is 5.73 Å². The number of benzene rings is 1. The van der Waals surface area contributed by atoms with E-state index in [0.717, 1.165) is 0 Å². The third-order valence-electron chi connectivity index (χ3n) is 2.17. The second kappa shape index (κ2) is 6.28. The number of anilines is 1. The van der Waals surface area contributed by atoms with Gasteiger partial charge in [-0.1, -0.05) is 12.1 Å². The van der Waals surface area contributed by atoms with Crippen LogP contribution in [0.15, 0.2) is 24.3 Å². The molecule has 1 aromatic rings. The van der Waals surface area contributed by atoms with Crippen molar-refractivity contribution >= 4 is 11.7 Å². The van der Waals surface area contributed by atoms with E-state index in [9.17, 15) is 18.0 Å². The fourth-order valence-corrected chi connectivity index (χ4v) is 1.38. The van der Waals surface area contributed by atoms with Gasteiger partial charge in [0.15, 0.2) is 0 Å². The summed E-state index contributed by atoms with van der Waals surface area (Å²) in [4.78, 5) is 11.3. The van der Waals surface area contributed by atoms with Crippen molar-refractivity contribution in [1.82, 2.24) is 0 Å². The summed E-state index contributed by atoms with van der Waals surface area (Å²) >= 11 is 0. The second-order valence-electron chi connectivity index (χ2n) is 3.86. The molecule has 1 aromatic carbocycles. The molecule has 0 aliphatic carbocycles. The van der Waals surface area contributed by atoms with Gasteiger partial charge in [-0.2, -0.15) is 13.2 Å². The molecule has 0 aliphatic heterocycles. The van der Waals surface area contributed by atoms with Gasteiger partial charge >= 0.3 is 12.1 Å². The summed E-state index contributed by atoms with van der Waals surface area (Å²) in [5.74, 6) is -0.553. The van der Waals surface area contributed by atoms with Gasteiger partial charge in [-0.3, -0.25) is 4.79 Å². The van der Waals surface area contributed by atoms with E-state index in [1.807, 2.05) is 0 Å². The average molecular weight is 261 g/mol. The maximum Gasteiger partial charge on any atom is 0.389 e. The number of hydrogen-bond donors (Lipinski definition) is 1. The zero-order chi connectivity index (χ0) is 13.6. The van der Waals surface area contributed by atoms with Gasteiger partial charge in [0.1, 0.15) is 0 Å². The fraction of sp³-hybridized carbons (Fsp3) is 0.417. The lowest BCUT2D eigenvalue weighted by molar-refractivity contribution is -0.149. The van der Waals surface area contributed by atoms with Crippen LogP contribution in [-0.4, -0.2) is 18.8 Å². The van der Waals surface area contributed by atoms with Gasteiger partial charge in [-0.05, 0) is 24.1 Å². The number of halogens is 3. The van der Waals surface area contributed by atoms with E-state index in [1.165, 1.54) is 0 Å². The number of alkyl halides is 3. The Labute approximate surface area is 103 Å². The summed E-state index contributed by atoms with van der Waals surface area (Å²) in [6.07, 6.45) is -5.36. The molecule has 0 fully saturated rings. The molecule has 0 heterocycles. The standard InChI is InChI=1S/C12H14F3NO2/c13-12(14,15)5-2-6-18-11(17)8-9-3-1-4-10(16)7-9/h1,3-4,7H,2,5-6,8,16H2. The summed E-state index contributed by atoms with van der Waals surface area (Å²) < 4.78 is 40.2. The first-order valence-corrected chi connectivity index (χ1v) is 5.43. The number of carbonyl (C=O) groups is 1. The first kappa shape index (κ1) is 14.3. The van der Waals surface area contributed by atoms with Crippen molar-refractivity contribution in [1.29, 1.82) is 0 Å². The summed E-state index contributed by atoms with van der Waals surface area (Å²) in [7, 11) is 0. The minimum Gasteiger partial charge on any atom is -0.465 e. The lowest BCUT2D eigenvalue weighted by Gasteiger charge is -2.07. The molecule has 0 bridgehead atoms. The van der Waals surface area contributed by atoms with E-state index in [-0.39, 0.29) is 19.4 Å². The number of carbonyl (C=O) groups excluding carboxylic acids is 1. The van der Waals surface area contributed by atoms with E-state index in [0.29, 0.717) is 11.3 Å². The minimum absolute atomic E-state index is 0.0110. The van der Waals surface area contributed by atoms with Crippen molar-refractivity contribution in [3.05, 3.63) is 29.8 Å². The first-order chi connectivity index (χ1) is 8.37. The van der Waals surface area contributed by atoms with Crippen LogP contribution in [0.25, 0.3) is 0 Å². The summed E-state index contributed by atoms with van der Waals surface area (Å²) in [5.41, 5.74) is 6.73. The second-order valence-corrected chi connectivity index (χ2v) is 3.86. The van der Waals surface area contributed by atoms with E-state index in [2.05, 4.69) is 0 Å². The SMILES string of the molecule is Nc1cccc(CC(=O)OCCCC(F)(F)F)c1. The molecule has 0 aromatic heterocycles. The number of nitrogen functional groups attached to an aromatic ring is 1. The molecule has 0 saturated heterocycles. The summed E-state index contributed by atoms with van der Waals surface area (Å²) in [6, 6.07) is 6.70. The Bertz CT molecular complexity index is 405. The number of ether oxygens (including phenoxy) is 1. The smallest absolute Gasteiger partial charge is 0.389 e. The molecule has 1 rings (SSSR count). The van der Waals surface area contributed by atoms with Gasteiger partial charge < -0.3 is 10.5 Å². The molecule has 0 amide bonds. The number of esters is 1. The Morgan fingerprint density at radius 2 is 2.06 bits per heavy atom. The van der Waals surface area contributed by atoms with Gasteiger partial charge in [-0.25, -0.2) is 0 Å². The third-order valence-corrected chi connectivity index (χ3v) is 2.17. The van der Waals surface area contributed by atoms with E-state index < -0.39 is 18.6 Å². The van der Waals surface area contributed by atoms with Crippen molar-refractivity contribution in [2.75, 3.05) is 12.3 Å². The van der Waals surface area contributed by atoms with Gasteiger partial charge in [0.2, 0.25) is 0 Å². The zero-order valence-electron chi connectivity index (χ0n) is 9.67. The van der Waals surface area contributed by atoms with E-state index in [4.69, 9.17) is 10.5 Å². The van der Waals surface area contributed by atoms with Crippen molar-refractivity contribution in [3.63, 3.8) is 0 Å². The lowest BCUT2D eigenvalue weighted by atomic mass is 10.1. The highest BCUT2D eigenvalue weighted by atomic mass is 19.4. The third kappa shape index (κ3) is 6.12. The van der Waals surface area contributed by atoms with Crippen molar-refractivity contribution < 1.29 is 22.7 Å². The van der Waals surface area contributed by atoms with Gasteiger partial charge in [0.05, 0.1) is 13.0 Å². The molecule has 0 spiro atoms. The molecule has 0 unspecified atom stereocenters.